The smallest absolute Gasteiger partial charge is 0.414 e. The van der Waals surface area contributed by atoms with E-state index in [1.807, 2.05) is 0 Å². The fourth-order valence-electron chi connectivity index (χ4n) is 3.01. The molecule has 9 nitrogen and oxygen atoms in total. The molecule has 1 aliphatic carbocycles. The molecule has 1 heterocycles. The quantitative estimate of drug-likeness (QED) is 0.598. The van der Waals surface area contributed by atoms with Crippen molar-refractivity contribution in [1.82, 2.24) is 9.97 Å². The van der Waals surface area contributed by atoms with Crippen LogP contribution in [-0.2, 0) is 0 Å². The summed E-state index contributed by atoms with van der Waals surface area (Å²) in [7, 11) is 1.29. The molecule has 3 rings (SSSR count). The van der Waals surface area contributed by atoms with E-state index in [0.717, 1.165) is 17.0 Å². The Balaban J connectivity index is 2.40. The van der Waals surface area contributed by atoms with E-state index in [9.17, 15) is 24.3 Å². The van der Waals surface area contributed by atoms with Gasteiger partial charge in [-0.1, -0.05) is 5.16 Å². The summed E-state index contributed by atoms with van der Waals surface area (Å²) in [5, 5.41) is 22.1. The second kappa shape index (κ2) is 6.55. The van der Waals surface area contributed by atoms with Crippen molar-refractivity contribution < 1.29 is 29.0 Å². The van der Waals surface area contributed by atoms with Crippen LogP contribution in [0.4, 0.5) is 15.1 Å². The minimum absolute atomic E-state index is 0.0854. The van der Waals surface area contributed by atoms with E-state index < -0.39 is 28.9 Å². The maximum Gasteiger partial charge on any atom is 0.414 e. The van der Waals surface area contributed by atoms with E-state index in [1.54, 1.807) is 20.8 Å². The van der Waals surface area contributed by atoms with Crippen LogP contribution in [0.25, 0.3) is 11.1 Å². The van der Waals surface area contributed by atoms with Crippen molar-refractivity contribution in [2.24, 2.45) is 5.16 Å². The number of ether oxygens (including phenoxy) is 1. The maximum absolute atomic E-state index is 13.8. The Morgan fingerprint density at radius 1 is 1.25 bits per heavy atom. The number of hydrogen-bond donors (Lipinski definition) is 2. The first-order chi connectivity index (χ1) is 13.1. The summed E-state index contributed by atoms with van der Waals surface area (Å²) in [6.45, 7) is 4.90. The Morgan fingerprint density at radius 2 is 1.93 bits per heavy atom. The maximum atomic E-state index is 13.8. The molecule has 0 fully saturated rings. The molecular formula is C18H17FN4O5. The summed E-state index contributed by atoms with van der Waals surface area (Å²) in [5.41, 5.74) is -1.12. The van der Waals surface area contributed by atoms with Crippen LogP contribution in [0.2, 0.25) is 0 Å². The van der Waals surface area contributed by atoms with Gasteiger partial charge in [0.1, 0.15) is 11.5 Å². The highest BCUT2D eigenvalue weighted by atomic mass is 19.1. The summed E-state index contributed by atoms with van der Waals surface area (Å²) >= 11 is 0. The average molecular weight is 388 g/mol. The van der Waals surface area contributed by atoms with Crippen LogP contribution >= 0.6 is 0 Å². The van der Waals surface area contributed by atoms with Gasteiger partial charge in [0.15, 0.2) is 5.71 Å². The third-order valence-electron chi connectivity index (χ3n) is 4.15. The molecule has 1 aliphatic rings. The van der Waals surface area contributed by atoms with Gasteiger partial charge in [0.25, 0.3) is 0 Å². The van der Waals surface area contributed by atoms with E-state index in [4.69, 9.17) is 4.74 Å². The lowest BCUT2D eigenvalue weighted by Gasteiger charge is -2.32. The zero-order chi connectivity index (χ0) is 20.8. The van der Waals surface area contributed by atoms with E-state index in [1.165, 1.54) is 13.2 Å². The number of carbonyl (C=O) groups is 2. The second-order valence-corrected chi connectivity index (χ2v) is 7.01. The molecule has 0 radical (unpaired) electrons. The molecule has 1 aromatic carbocycles. The number of ketones is 1. The summed E-state index contributed by atoms with van der Waals surface area (Å²) < 4.78 is 19.1. The second-order valence-electron chi connectivity index (χ2n) is 7.01. The lowest BCUT2D eigenvalue weighted by molar-refractivity contribution is 0.106. The number of carboxylic acid groups (broad SMARTS) is 1. The average Bonchev–Trinajstić information content (AvgIpc) is 2.59. The lowest BCUT2D eigenvalue weighted by Crippen LogP contribution is -2.46. The van der Waals surface area contributed by atoms with Gasteiger partial charge in [-0.15, -0.1) is 0 Å². The molecule has 0 spiro atoms. The third-order valence-corrected chi connectivity index (χ3v) is 4.15. The minimum atomic E-state index is -1.33. The van der Waals surface area contributed by atoms with Gasteiger partial charge in [0.2, 0.25) is 17.6 Å². The molecular weight excluding hydrogens is 371 g/mol. The molecule has 0 saturated carbocycles. The van der Waals surface area contributed by atoms with Gasteiger partial charge in [-0.3, -0.25) is 4.79 Å². The Labute approximate surface area is 159 Å². The van der Waals surface area contributed by atoms with Gasteiger partial charge in [-0.25, -0.2) is 19.1 Å². The van der Waals surface area contributed by atoms with Crippen LogP contribution in [0.1, 0.15) is 36.8 Å². The van der Waals surface area contributed by atoms with E-state index >= 15 is 0 Å². The number of hydrogen-bond acceptors (Lipinski definition) is 7. The third kappa shape index (κ3) is 2.92. The van der Waals surface area contributed by atoms with Gasteiger partial charge in [0, 0.05) is 16.7 Å². The Hall–Kier alpha value is -3.56. The summed E-state index contributed by atoms with van der Waals surface area (Å²) in [6, 6.07) is 3.47. The largest absolute Gasteiger partial charge is 0.480 e. The molecule has 1 aromatic heterocycles. The lowest BCUT2D eigenvalue weighted by atomic mass is 9.86. The van der Waals surface area contributed by atoms with Gasteiger partial charge in [-0.2, -0.15) is 4.98 Å². The van der Waals surface area contributed by atoms with Crippen molar-refractivity contribution in [2.45, 2.75) is 26.3 Å². The Kier molecular flexibility index (Phi) is 4.50. The number of oxime groups is 1. The van der Waals surface area contributed by atoms with Crippen molar-refractivity contribution in [3.63, 3.8) is 0 Å². The number of carbonyl (C=O) groups excluding carboxylic acids is 1. The number of amides is 1. The van der Waals surface area contributed by atoms with Crippen molar-refractivity contribution in [3.8, 4) is 17.0 Å². The monoisotopic (exact) mass is 388 g/mol. The van der Waals surface area contributed by atoms with Gasteiger partial charge in [-0.05, 0) is 39.0 Å². The topological polar surface area (TPSA) is 125 Å². The van der Waals surface area contributed by atoms with Crippen LogP contribution in [0.5, 0.6) is 5.88 Å². The fourth-order valence-corrected chi connectivity index (χ4v) is 3.01. The Morgan fingerprint density at radius 3 is 2.46 bits per heavy atom. The first kappa shape index (κ1) is 19.2. The predicted molar refractivity (Wildman–Crippen MR) is 96.9 cm³/mol. The van der Waals surface area contributed by atoms with Crippen molar-refractivity contribution >= 4 is 23.5 Å². The molecule has 28 heavy (non-hydrogen) atoms. The molecule has 0 saturated heterocycles. The molecule has 0 bridgehead atoms. The van der Waals surface area contributed by atoms with Crippen LogP contribution in [-0.4, -0.2) is 50.5 Å². The number of rotatable bonds is 2. The van der Waals surface area contributed by atoms with Crippen molar-refractivity contribution in [2.75, 3.05) is 12.0 Å². The molecule has 10 heteroatoms. The first-order valence-electron chi connectivity index (χ1n) is 8.16. The number of methoxy groups -OCH3 is 1. The molecule has 0 aliphatic heterocycles. The summed E-state index contributed by atoms with van der Waals surface area (Å²) in [5.74, 6) is -1.65. The number of halogens is 1. The number of Topliss-reactive ketones (excluding diaryl/α,β-unsaturated/α-hetero) is 1. The van der Waals surface area contributed by atoms with Crippen LogP contribution in [0.15, 0.2) is 23.4 Å². The molecule has 146 valence electrons. The number of nitrogens with zero attached hydrogens (tertiary/aromatic N) is 4. The molecule has 1 amide bonds. The molecule has 0 unspecified atom stereocenters. The summed E-state index contributed by atoms with van der Waals surface area (Å²) in [6.07, 6.45) is -1.33. The van der Waals surface area contributed by atoms with Crippen molar-refractivity contribution in [1.29, 1.82) is 0 Å². The summed E-state index contributed by atoms with van der Waals surface area (Å²) in [4.78, 5) is 33.7. The highest BCUT2D eigenvalue weighted by Gasteiger charge is 2.37. The van der Waals surface area contributed by atoms with Gasteiger partial charge >= 0.3 is 6.09 Å². The number of fused-ring (bicyclic) bond motifs is 3. The molecule has 0 atom stereocenters. The zero-order valence-electron chi connectivity index (χ0n) is 15.5. The van der Waals surface area contributed by atoms with E-state index in [-0.39, 0.29) is 34.2 Å². The first-order valence-corrected chi connectivity index (χ1v) is 8.16. The SMILES string of the molecule is COc1nc(N(C(=O)O)C(C)(C)C)nc2c1-c1cc(F)ccc1C(=O)C2=NO. The van der Waals surface area contributed by atoms with Crippen molar-refractivity contribution in [3.05, 3.63) is 35.3 Å². The van der Waals surface area contributed by atoms with E-state index in [0.29, 0.717) is 0 Å². The molecule has 2 aromatic rings. The molecule has 2 N–H and O–H groups in total. The van der Waals surface area contributed by atoms with Crippen LogP contribution < -0.4 is 9.64 Å². The number of aromatic nitrogens is 2. The highest BCUT2D eigenvalue weighted by Crippen LogP contribution is 2.40. The fraction of sp³-hybridized carbons (Fsp3) is 0.278. The predicted octanol–water partition coefficient (Wildman–Crippen LogP) is 2.95. The van der Waals surface area contributed by atoms with E-state index in [2.05, 4.69) is 15.1 Å². The van der Waals surface area contributed by atoms with Crippen LogP contribution in [0.3, 0.4) is 0 Å². The number of benzene rings is 1. The Bertz CT molecular complexity index is 1030. The van der Waals surface area contributed by atoms with Gasteiger partial charge in [0.05, 0.1) is 12.7 Å². The highest BCUT2D eigenvalue weighted by molar-refractivity contribution is 6.54. The minimum Gasteiger partial charge on any atom is -0.480 e. The number of anilines is 1. The van der Waals surface area contributed by atoms with Crippen LogP contribution in [0, 0.1) is 5.82 Å². The normalized spacial score (nSPS) is 14.5. The standard InChI is InChI=1S/C18H17FN4O5/c1-18(2,3)23(17(25)26)16-20-12-11(15(21-16)28-4)10-7-8(19)5-6-9(10)14(24)13(12)22-27/h5-7,27H,1-4H3,(H,25,26). The zero-order valence-corrected chi connectivity index (χ0v) is 15.5. The van der Waals surface area contributed by atoms with Gasteiger partial charge < -0.3 is 15.1 Å².